The van der Waals surface area contributed by atoms with Crippen LogP contribution in [0.2, 0.25) is 0 Å². The van der Waals surface area contributed by atoms with Gasteiger partial charge in [0.1, 0.15) is 5.75 Å². The van der Waals surface area contributed by atoms with Gasteiger partial charge in [-0.25, -0.2) is 4.79 Å². The molecule has 0 spiro atoms. The lowest BCUT2D eigenvalue weighted by Gasteiger charge is -2.01. The molecular formula is C19H16O3. The van der Waals surface area contributed by atoms with Crippen LogP contribution in [-0.4, -0.2) is 11.8 Å². The molecule has 0 unspecified atom stereocenters. The quantitative estimate of drug-likeness (QED) is 0.477. The van der Waals surface area contributed by atoms with Crippen LogP contribution in [0.5, 0.6) is 5.75 Å². The van der Waals surface area contributed by atoms with E-state index in [9.17, 15) is 9.59 Å². The molecular weight excluding hydrogens is 276 g/mol. The molecule has 2 aromatic carbocycles. The van der Waals surface area contributed by atoms with Gasteiger partial charge in [0.05, 0.1) is 0 Å². The van der Waals surface area contributed by atoms with Crippen LogP contribution in [-0.2, 0) is 9.59 Å². The maximum Gasteiger partial charge on any atom is 0.336 e. The summed E-state index contributed by atoms with van der Waals surface area (Å²) in [4.78, 5) is 22.6. The van der Waals surface area contributed by atoms with Crippen molar-refractivity contribution in [1.29, 1.82) is 0 Å². The van der Waals surface area contributed by atoms with E-state index in [-0.39, 0.29) is 5.78 Å². The van der Waals surface area contributed by atoms with E-state index in [4.69, 9.17) is 4.74 Å². The number of carbonyl (C=O) groups is 2. The molecule has 0 bridgehead atoms. The first-order valence-electron chi connectivity index (χ1n) is 6.87. The van der Waals surface area contributed by atoms with Gasteiger partial charge in [-0.1, -0.05) is 48.5 Å². The van der Waals surface area contributed by atoms with E-state index in [0.29, 0.717) is 5.75 Å². The lowest BCUT2D eigenvalue weighted by molar-refractivity contribution is -0.128. The van der Waals surface area contributed by atoms with Gasteiger partial charge in [0.25, 0.3) is 0 Å². The number of rotatable bonds is 5. The molecule has 0 aromatic heterocycles. The fourth-order valence-electron chi connectivity index (χ4n) is 1.74. The minimum Gasteiger partial charge on any atom is -0.423 e. The molecule has 0 heterocycles. The molecule has 0 aliphatic rings. The molecule has 0 atom stereocenters. The number of hydrogen-bond acceptors (Lipinski definition) is 3. The first-order chi connectivity index (χ1) is 10.6. The molecule has 0 amide bonds. The second kappa shape index (κ2) is 7.74. The van der Waals surface area contributed by atoms with Crippen LogP contribution >= 0.6 is 0 Å². The smallest absolute Gasteiger partial charge is 0.336 e. The van der Waals surface area contributed by atoms with Gasteiger partial charge in [-0.2, -0.15) is 0 Å². The van der Waals surface area contributed by atoms with Crippen LogP contribution in [0.25, 0.3) is 12.2 Å². The highest BCUT2D eigenvalue weighted by atomic mass is 16.5. The first kappa shape index (κ1) is 15.4. The van der Waals surface area contributed by atoms with Gasteiger partial charge >= 0.3 is 5.97 Å². The zero-order valence-electron chi connectivity index (χ0n) is 12.2. The van der Waals surface area contributed by atoms with Crippen molar-refractivity contribution in [2.45, 2.75) is 6.92 Å². The van der Waals surface area contributed by atoms with Crippen LogP contribution in [0.1, 0.15) is 18.1 Å². The number of ether oxygens (including phenoxy) is 1. The highest BCUT2D eigenvalue weighted by Crippen LogP contribution is 2.14. The maximum atomic E-state index is 11.7. The SMILES string of the molecule is CC(=O)/C=C/c1ccc(OC(=O)/C=C/c2ccccc2)cc1. The Hall–Kier alpha value is -2.94. The Morgan fingerprint density at radius 2 is 1.41 bits per heavy atom. The van der Waals surface area contributed by atoms with E-state index in [1.807, 2.05) is 30.3 Å². The molecule has 0 radical (unpaired) electrons. The van der Waals surface area contributed by atoms with E-state index in [1.165, 1.54) is 19.1 Å². The number of hydrogen-bond donors (Lipinski definition) is 0. The predicted molar refractivity (Wildman–Crippen MR) is 87.3 cm³/mol. The van der Waals surface area contributed by atoms with Gasteiger partial charge in [-0.05, 0) is 42.3 Å². The van der Waals surface area contributed by atoms with Crippen LogP contribution in [0.4, 0.5) is 0 Å². The average Bonchev–Trinajstić information content (AvgIpc) is 2.53. The Morgan fingerprint density at radius 1 is 0.818 bits per heavy atom. The summed E-state index contributed by atoms with van der Waals surface area (Å²) in [7, 11) is 0. The zero-order valence-corrected chi connectivity index (χ0v) is 12.2. The van der Waals surface area contributed by atoms with E-state index < -0.39 is 5.97 Å². The molecule has 3 heteroatoms. The third-order valence-corrected chi connectivity index (χ3v) is 2.82. The van der Waals surface area contributed by atoms with Crippen LogP contribution < -0.4 is 4.74 Å². The third kappa shape index (κ3) is 5.21. The fourth-order valence-corrected chi connectivity index (χ4v) is 1.74. The van der Waals surface area contributed by atoms with Crippen molar-refractivity contribution >= 4 is 23.9 Å². The topological polar surface area (TPSA) is 43.4 Å². The summed E-state index contributed by atoms with van der Waals surface area (Å²) in [5.41, 5.74) is 1.80. The Kier molecular flexibility index (Phi) is 5.44. The lowest BCUT2D eigenvalue weighted by Crippen LogP contribution is -2.03. The van der Waals surface area contributed by atoms with Gasteiger partial charge in [-0.3, -0.25) is 4.79 Å². The second-order valence-electron chi connectivity index (χ2n) is 4.68. The maximum absolute atomic E-state index is 11.7. The summed E-state index contributed by atoms with van der Waals surface area (Å²) in [5.74, 6) is 0.0140. The van der Waals surface area contributed by atoms with Crippen molar-refractivity contribution in [2.75, 3.05) is 0 Å². The standard InChI is InChI=1S/C19H16O3/c1-15(20)7-8-17-9-12-18(13-10-17)22-19(21)14-11-16-5-3-2-4-6-16/h2-14H,1H3/b8-7+,14-11+. The van der Waals surface area contributed by atoms with E-state index in [0.717, 1.165) is 11.1 Å². The molecule has 110 valence electrons. The summed E-state index contributed by atoms with van der Waals surface area (Å²) in [6, 6.07) is 16.5. The highest BCUT2D eigenvalue weighted by Gasteiger charge is 2.00. The summed E-state index contributed by atoms with van der Waals surface area (Å²) in [6.45, 7) is 1.49. The molecule has 2 rings (SSSR count). The van der Waals surface area contributed by atoms with Crippen molar-refractivity contribution in [1.82, 2.24) is 0 Å². The zero-order chi connectivity index (χ0) is 15.8. The number of esters is 1. The third-order valence-electron chi connectivity index (χ3n) is 2.82. The molecule has 0 N–H and O–H groups in total. The van der Waals surface area contributed by atoms with Crippen molar-refractivity contribution in [3.8, 4) is 5.75 Å². The molecule has 0 fully saturated rings. The minimum atomic E-state index is -0.434. The summed E-state index contributed by atoms with van der Waals surface area (Å²) >= 11 is 0. The Bertz CT molecular complexity index is 695. The predicted octanol–water partition coefficient (Wildman–Crippen LogP) is 3.91. The van der Waals surface area contributed by atoms with Crippen LogP contribution in [0.3, 0.4) is 0 Å². The molecule has 22 heavy (non-hydrogen) atoms. The van der Waals surface area contributed by atoms with Crippen molar-refractivity contribution in [2.24, 2.45) is 0 Å². The second-order valence-corrected chi connectivity index (χ2v) is 4.68. The fraction of sp³-hybridized carbons (Fsp3) is 0.0526. The number of ketones is 1. The number of allylic oxidation sites excluding steroid dienone is 1. The number of carbonyl (C=O) groups excluding carboxylic acids is 2. The summed E-state index contributed by atoms with van der Waals surface area (Å²) in [6.07, 6.45) is 6.29. The number of benzene rings is 2. The minimum absolute atomic E-state index is 0.0125. The van der Waals surface area contributed by atoms with E-state index in [1.54, 1.807) is 36.4 Å². The van der Waals surface area contributed by atoms with Crippen molar-refractivity contribution in [3.05, 3.63) is 77.9 Å². The van der Waals surface area contributed by atoms with Crippen molar-refractivity contribution in [3.63, 3.8) is 0 Å². The first-order valence-corrected chi connectivity index (χ1v) is 6.87. The van der Waals surface area contributed by atoms with Crippen LogP contribution in [0.15, 0.2) is 66.7 Å². The Morgan fingerprint density at radius 3 is 2.05 bits per heavy atom. The normalized spacial score (nSPS) is 11.0. The monoisotopic (exact) mass is 292 g/mol. The van der Waals surface area contributed by atoms with Gasteiger partial charge in [0.15, 0.2) is 5.78 Å². The highest BCUT2D eigenvalue weighted by molar-refractivity contribution is 5.91. The largest absolute Gasteiger partial charge is 0.423 e. The molecule has 2 aromatic rings. The average molecular weight is 292 g/mol. The van der Waals surface area contributed by atoms with Crippen molar-refractivity contribution < 1.29 is 14.3 Å². The van der Waals surface area contributed by atoms with Gasteiger partial charge in [0, 0.05) is 6.08 Å². The van der Waals surface area contributed by atoms with E-state index in [2.05, 4.69) is 0 Å². The molecule has 0 aliphatic heterocycles. The van der Waals surface area contributed by atoms with E-state index >= 15 is 0 Å². The Balaban J connectivity index is 1.94. The van der Waals surface area contributed by atoms with Gasteiger partial charge in [-0.15, -0.1) is 0 Å². The van der Waals surface area contributed by atoms with Crippen LogP contribution in [0, 0.1) is 0 Å². The molecule has 0 aliphatic carbocycles. The molecule has 0 saturated carbocycles. The summed E-state index contributed by atoms with van der Waals surface area (Å²) in [5, 5.41) is 0. The van der Waals surface area contributed by atoms with Gasteiger partial charge < -0.3 is 4.74 Å². The Labute approximate surface area is 129 Å². The summed E-state index contributed by atoms with van der Waals surface area (Å²) < 4.78 is 5.20. The molecule has 3 nitrogen and oxygen atoms in total. The molecule has 0 saturated heterocycles. The van der Waals surface area contributed by atoms with Gasteiger partial charge in [0.2, 0.25) is 0 Å². The lowest BCUT2D eigenvalue weighted by atomic mass is 10.2.